The normalized spacial score (nSPS) is 24.5. The van der Waals surface area contributed by atoms with Crippen LogP contribution in [0.1, 0.15) is 12.5 Å². The molecule has 1 aromatic rings. The van der Waals surface area contributed by atoms with Crippen LogP contribution in [-0.2, 0) is 11.2 Å². The number of nitro benzene ring substituents is 1. The molecule has 1 heterocycles. The number of hydrogen-bond donors (Lipinski definition) is 1. The maximum absolute atomic E-state index is 10.9. The third-order valence-corrected chi connectivity index (χ3v) is 2.86. The molecule has 1 aliphatic rings. The van der Waals surface area contributed by atoms with E-state index in [1.807, 2.05) is 13.0 Å². The zero-order valence-electron chi connectivity index (χ0n) is 9.76. The quantitative estimate of drug-likeness (QED) is 0.638. The zero-order chi connectivity index (χ0) is 12.3. The Morgan fingerprint density at radius 3 is 2.94 bits per heavy atom. The fraction of sp³-hybridized carbons (Fsp3) is 0.500. The Balaban J connectivity index is 2.10. The van der Waals surface area contributed by atoms with Crippen molar-refractivity contribution in [3.63, 3.8) is 0 Å². The van der Waals surface area contributed by atoms with Gasteiger partial charge in [-0.1, -0.05) is 18.2 Å². The first-order chi connectivity index (χ1) is 8.16. The number of hydrogen-bond acceptors (Lipinski definition) is 4. The Hall–Kier alpha value is -1.46. The molecule has 92 valence electrons. The topological polar surface area (TPSA) is 64.4 Å². The minimum absolute atomic E-state index is 0.0137. The second-order valence-electron chi connectivity index (χ2n) is 4.32. The van der Waals surface area contributed by atoms with Crippen molar-refractivity contribution in [1.82, 2.24) is 5.32 Å². The fourth-order valence-electron chi connectivity index (χ4n) is 2.10. The molecule has 0 aromatic heterocycles. The highest BCUT2D eigenvalue weighted by atomic mass is 16.6. The SMILES string of the molecule is CC1CNCC(Cc2ccccc2[N+](=O)[O-])O1. The van der Waals surface area contributed by atoms with Crippen LogP contribution in [0.3, 0.4) is 0 Å². The average molecular weight is 236 g/mol. The maximum atomic E-state index is 10.9. The largest absolute Gasteiger partial charge is 0.372 e. The van der Waals surface area contributed by atoms with Gasteiger partial charge in [0.25, 0.3) is 5.69 Å². The molecule has 0 aliphatic carbocycles. The second-order valence-corrected chi connectivity index (χ2v) is 4.32. The van der Waals surface area contributed by atoms with Crippen LogP contribution in [0.5, 0.6) is 0 Å². The monoisotopic (exact) mass is 236 g/mol. The van der Waals surface area contributed by atoms with Crippen molar-refractivity contribution in [1.29, 1.82) is 0 Å². The Morgan fingerprint density at radius 2 is 2.24 bits per heavy atom. The van der Waals surface area contributed by atoms with Gasteiger partial charge in [-0.05, 0) is 6.92 Å². The first-order valence-corrected chi connectivity index (χ1v) is 5.75. The van der Waals surface area contributed by atoms with Crippen molar-refractivity contribution in [3.8, 4) is 0 Å². The first kappa shape index (κ1) is 12.0. The van der Waals surface area contributed by atoms with Gasteiger partial charge in [-0.25, -0.2) is 0 Å². The Bertz CT molecular complexity index is 408. The van der Waals surface area contributed by atoms with Gasteiger partial charge in [0.05, 0.1) is 17.1 Å². The van der Waals surface area contributed by atoms with Gasteiger partial charge in [-0.3, -0.25) is 10.1 Å². The second kappa shape index (κ2) is 5.25. The van der Waals surface area contributed by atoms with Crippen molar-refractivity contribution in [2.45, 2.75) is 25.6 Å². The number of para-hydroxylation sites is 1. The highest BCUT2D eigenvalue weighted by Crippen LogP contribution is 2.21. The summed E-state index contributed by atoms with van der Waals surface area (Å²) in [6.45, 7) is 3.59. The van der Waals surface area contributed by atoms with E-state index in [0.29, 0.717) is 6.42 Å². The molecule has 0 saturated carbocycles. The van der Waals surface area contributed by atoms with E-state index in [1.165, 1.54) is 6.07 Å². The molecule has 1 aromatic carbocycles. The molecule has 1 aliphatic heterocycles. The third kappa shape index (κ3) is 3.01. The predicted molar refractivity (Wildman–Crippen MR) is 64.0 cm³/mol. The van der Waals surface area contributed by atoms with Crippen molar-refractivity contribution >= 4 is 5.69 Å². The van der Waals surface area contributed by atoms with Crippen LogP contribution in [0, 0.1) is 10.1 Å². The van der Waals surface area contributed by atoms with Crippen molar-refractivity contribution in [2.75, 3.05) is 13.1 Å². The van der Waals surface area contributed by atoms with Crippen molar-refractivity contribution < 1.29 is 9.66 Å². The van der Waals surface area contributed by atoms with Crippen LogP contribution in [-0.4, -0.2) is 30.2 Å². The van der Waals surface area contributed by atoms with Crippen molar-refractivity contribution in [3.05, 3.63) is 39.9 Å². The molecular formula is C12H16N2O3. The average Bonchev–Trinajstić information content (AvgIpc) is 2.29. The standard InChI is InChI=1S/C12H16N2O3/c1-9-7-13-8-11(17-9)6-10-4-2-3-5-12(10)14(15)16/h2-5,9,11,13H,6-8H2,1H3. The molecule has 0 radical (unpaired) electrons. The van der Waals surface area contributed by atoms with E-state index in [-0.39, 0.29) is 22.8 Å². The lowest BCUT2D eigenvalue weighted by molar-refractivity contribution is -0.385. The molecule has 5 heteroatoms. The maximum Gasteiger partial charge on any atom is 0.272 e. The van der Waals surface area contributed by atoms with Crippen LogP contribution >= 0.6 is 0 Å². The number of nitro groups is 1. The van der Waals surface area contributed by atoms with Crippen LogP contribution in [0.2, 0.25) is 0 Å². The van der Waals surface area contributed by atoms with E-state index < -0.39 is 0 Å². The molecule has 1 fully saturated rings. The molecule has 17 heavy (non-hydrogen) atoms. The summed E-state index contributed by atoms with van der Waals surface area (Å²) in [6.07, 6.45) is 0.755. The molecule has 0 bridgehead atoms. The van der Waals surface area contributed by atoms with Gasteiger partial charge in [-0.15, -0.1) is 0 Å². The lowest BCUT2D eigenvalue weighted by Gasteiger charge is -2.28. The summed E-state index contributed by atoms with van der Waals surface area (Å²) in [5.41, 5.74) is 0.910. The van der Waals surface area contributed by atoms with E-state index in [2.05, 4.69) is 5.32 Å². The number of morpholine rings is 1. The number of ether oxygens (including phenoxy) is 1. The van der Waals surface area contributed by atoms with E-state index >= 15 is 0 Å². The summed E-state index contributed by atoms with van der Waals surface area (Å²) in [5.74, 6) is 0. The van der Waals surface area contributed by atoms with Gasteiger partial charge in [0.2, 0.25) is 0 Å². The molecule has 5 nitrogen and oxygen atoms in total. The zero-order valence-corrected chi connectivity index (χ0v) is 9.76. The number of nitrogens with zero attached hydrogens (tertiary/aromatic N) is 1. The number of nitrogens with one attached hydrogen (secondary N) is 1. The van der Waals surface area contributed by atoms with Gasteiger partial charge in [0.1, 0.15) is 0 Å². The molecule has 2 rings (SSSR count). The molecule has 2 unspecified atom stereocenters. The van der Waals surface area contributed by atoms with Crippen molar-refractivity contribution in [2.24, 2.45) is 0 Å². The summed E-state index contributed by atoms with van der Waals surface area (Å²) >= 11 is 0. The molecule has 0 spiro atoms. The van der Waals surface area contributed by atoms with E-state index in [4.69, 9.17) is 4.74 Å². The molecular weight excluding hydrogens is 220 g/mol. The first-order valence-electron chi connectivity index (χ1n) is 5.75. The van der Waals surface area contributed by atoms with Gasteiger partial charge in [-0.2, -0.15) is 0 Å². The Labute approximate surface area is 99.9 Å². The Morgan fingerprint density at radius 1 is 1.47 bits per heavy atom. The molecule has 1 saturated heterocycles. The van der Waals surface area contributed by atoms with Gasteiger partial charge in [0, 0.05) is 31.1 Å². The number of benzene rings is 1. The van der Waals surface area contributed by atoms with E-state index in [0.717, 1.165) is 18.7 Å². The molecule has 1 N–H and O–H groups in total. The fourth-order valence-corrected chi connectivity index (χ4v) is 2.10. The van der Waals surface area contributed by atoms with Crippen LogP contribution in [0.4, 0.5) is 5.69 Å². The van der Waals surface area contributed by atoms with E-state index in [9.17, 15) is 10.1 Å². The molecule has 2 atom stereocenters. The number of rotatable bonds is 3. The lowest BCUT2D eigenvalue weighted by Crippen LogP contribution is -2.44. The predicted octanol–water partition coefficient (Wildman–Crippen LogP) is 1.51. The summed E-state index contributed by atoms with van der Waals surface area (Å²) in [5, 5.41) is 14.1. The summed E-state index contributed by atoms with van der Waals surface area (Å²) in [6, 6.07) is 6.84. The minimum Gasteiger partial charge on any atom is -0.372 e. The highest BCUT2D eigenvalue weighted by Gasteiger charge is 2.22. The van der Waals surface area contributed by atoms with Gasteiger partial charge < -0.3 is 10.1 Å². The molecule has 0 amide bonds. The van der Waals surface area contributed by atoms with Crippen LogP contribution < -0.4 is 5.32 Å². The smallest absolute Gasteiger partial charge is 0.272 e. The Kier molecular flexibility index (Phi) is 3.71. The van der Waals surface area contributed by atoms with Crippen LogP contribution in [0.25, 0.3) is 0 Å². The van der Waals surface area contributed by atoms with Gasteiger partial charge >= 0.3 is 0 Å². The van der Waals surface area contributed by atoms with E-state index in [1.54, 1.807) is 12.1 Å². The third-order valence-electron chi connectivity index (χ3n) is 2.86. The summed E-state index contributed by atoms with van der Waals surface area (Å²) < 4.78 is 5.74. The summed E-state index contributed by atoms with van der Waals surface area (Å²) in [4.78, 5) is 10.5. The minimum atomic E-state index is -0.338. The summed E-state index contributed by atoms with van der Waals surface area (Å²) in [7, 11) is 0. The lowest BCUT2D eigenvalue weighted by atomic mass is 10.0. The van der Waals surface area contributed by atoms with Gasteiger partial charge in [0.15, 0.2) is 0 Å². The van der Waals surface area contributed by atoms with Crippen LogP contribution in [0.15, 0.2) is 24.3 Å². The highest BCUT2D eigenvalue weighted by molar-refractivity contribution is 5.40.